The van der Waals surface area contributed by atoms with Crippen molar-refractivity contribution in [1.82, 2.24) is 4.98 Å². The van der Waals surface area contributed by atoms with Crippen LogP contribution in [0, 0.1) is 0 Å². The molecule has 84 valence electrons. The van der Waals surface area contributed by atoms with Crippen LogP contribution in [0.1, 0.15) is 16.8 Å². The maximum atomic E-state index is 11.5. The average molecular weight is 222 g/mol. The third kappa shape index (κ3) is 1.87. The van der Waals surface area contributed by atoms with E-state index in [9.17, 15) is 14.7 Å². The minimum absolute atomic E-state index is 0.0201. The van der Waals surface area contributed by atoms with Crippen molar-refractivity contribution < 1.29 is 19.8 Å². The number of carbonyl (C=O) groups excluding carboxylic acids is 1. The van der Waals surface area contributed by atoms with Gasteiger partial charge in [-0.3, -0.25) is 9.78 Å². The van der Waals surface area contributed by atoms with Gasteiger partial charge in [-0.2, -0.15) is 0 Å². The van der Waals surface area contributed by atoms with Crippen molar-refractivity contribution in [1.29, 1.82) is 0 Å². The Kier molecular flexibility index (Phi) is 2.57. The molecule has 1 atom stereocenters. The van der Waals surface area contributed by atoms with Crippen LogP contribution >= 0.6 is 0 Å². The second-order valence-corrected chi connectivity index (χ2v) is 3.60. The Morgan fingerprint density at radius 3 is 2.81 bits per heavy atom. The van der Waals surface area contributed by atoms with E-state index in [1.807, 2.05) is 0 Å². The number of aromatic carboxylic acids is 1. The first-order valence-corrected chi connectivity index (χ1v) is 4.74. The molecule has 1 saturated heterocycles. The summed E-state index contributed by atoms with van der Waals surface area (Å²) in [6.07, 6.45) is 1.99. The number of aliphatic hydroxyl groups excluding tert-OH is 1. The highest BCUT2D eigenvalue weighted by atomic mass is 16.4. The third-order valence-corrected chi connectivity index (χ3v) is 2.39. The van der Waals surface area contributed by atoms with Crippen molar-refractivity contribution in [2.75, 3.05) is 11.4 Å². The monoisotopic (exact) mass is 222 g/mol. The largest absolute Gasteiger partial charge is 0.478 e. The first-order valence-electron chi connectivity index (χ1n) is 4.74. The van der Waals surface area contributed by atoms with E-state index in [4.69, 9.17) is 5.11 Å². The highest BCUT2D eigenvalue weighted by Gasteiger charge is 2.29. The van der Waals surface area contributed by atoms with Gasteiger partial charge in [0.25, 0.3) is 0 Å². The Balaban J connectivity index is 2.30. The van der Waals surface area contributed by atoms with Gasteiger partial charge in [0.15, 0.2) is 0 Å². The lowest BCUT2D eigenvalue weighted by molar-refractivity contribution is -0.117. The molecule has 2 N–H and O–H groups in total. The van der Waals surface area contributed by atoms with Crippen LogP contribution in [0.15, 0.2) is 18.5 Å². The number of nitrogens with zero attached hydrogens (tertiary/aromatic N) is 2. The number of aliphatic hydroxyl groups is 1. The van der Waals surface area contributed by atoms with Gasteiger partial charge in [-0.1, -0.05) is 0 Å². The lowest BCUT2D eigenvalue weighted by Crippen LogP contribution is -2.25. The zero-order valence-corrected chi connectivity index (χ0v) is 8.33. The van der Waals surface area contributed by atoms with Crippen LogP contribution in [0.4, 0.5) is 5.69 Å². The van der Waals surface area contributed by atoms with Crippen LogP contribution in [0.2, 0.25) is 0 Å². The zero-order chi connectivity index (χ0) is 11.7. The number of carbonyl (C=O) groups is 2. The number of carboxylic acids is 1. The fraction of sp³-hybridized carbons (Fsp3) is 0.300. The Morgan fingerprint density at radius 1 is 1.50 bits per heavy atom. The van der Waals surface area contributed by atoms with Crippen LogP contribution in [0.3, 0.4) is 0 Å². The smallest absolute Gasteiger partial charge is 0.337 e. The fourth-order valence-electron chi connectivity index (χ4n) is 1.63. The molecule has 0 aliphatic carbocycles. The molecule has 1 aromatic rings. The van der Waals surface area contributed by atoms with Crippen LogP contribution in [0.25, 0.3) is 0 Å². The Hall–Kier alpha value is -1.95. The summed E-state index contributed by atoms with van der Waals surface area (Å²) in [6, 6.07) is 1.37. The van der Waals surface area contributed by atoms with Gasteiger partial charge in [0.05, 0.1) is 36.5 Å². The third-order valence-electron chi connectivity index (χ3n) is 2.39. The second kappa shape index (κ2) is 3.90. The SMILES string of the molecule is O=C(O)c1cncc(N2CC(O)CC2=O)c1. The minimum Gasteiger partial charge on any atom is -0.478 e. The fourth-order valence-corrected chi connectivity index (χ4v) is 1.63. The van der Waals surface area contributed by atoms with E-state index in [0.29, 0.717) is 5.69 Å². The van der Waals surface area contributed by atoms with Gasteiger partial charge in [-0.25, -0.2) is 4.79 Å². The summed E-state index contributed by atoms with van der Waals surface area (Å²) in [5.41, 5.74) is 0.424. The molecule has 1 aliphatic rings. The molecule has 0 bridgehead atoms. The van der Waals surface area contributed by atoms with Gasteiger partial charge in [0, 0.05) is 6.20 Å². The quantitative estimate of drug-likeness (QED) is 0.727. The average Bonchev–Trinajstić information content (AvgIpc) is 2.58. The predicted molar refractivity (Wildman–Crippen MR) is 54.2 cm³/mol. The number of anilines is 1. The molecular formula is C10H10N2O4. The summed E-state index contributed by atoms with van der Waals surface area (Å²) in [6.45, 7) is 0.184. The lowest BCUT2D eigenvalue weighted by atomic mass is 10.2. The molecule has 0 aromatic carbocycles. The zero-order valence-electron chi connectivity index (χ0n) is 8.33. The number of amides is 1. The van der Waals surface area contributed by atoms with E-state index in [1.54, 1.807) is 0 Å². The predicted octanol–water partition coefficient (Wildman–Crippen LogP) is -0.123. The number of carboxylic acid groups (broad SMARTS) is 1. The number of aromatic nitrogens is 1. The van der Waals surface area contributed by atoms with Crippen LogP contribution < -0.4 is 4.90 Å². The van der Waals surface area contributed by atoms with E-state index in [1.165, 1.54) is 23.4 Å². The van der Waals surface area contributed by atoms with E-state index in [2.05, 4.69) is 4.98 Å². The van der Waals surface area contributed by atoms with Crippen molar-refractivity contribution in [3.05, 3.63) is 24.0 Å². The van der Waals surface area contributed by atoms with Gasteiger partial charge in [0.2, 0.25) is 5.91 Å². The molecule has 6 heteroatoms. The van der Waals surface area contributed by atoms with Crippen molar-refractivity contribution in [2.24, 2.45) is 0 Å². The van der Waals surface area contributed by atoms with Crippen LogP contribution in [0.5, 0.6) is 0 Å². The maximum Gasteiger partial charge on any atom is 0.337 e. The van der Waals surface area contributed by atoms with E-state index >= 15 is 0 Å². The number of β-amino-alcohol motifs (C(OH)–C–C–N with tert-alkyl or cyclic N) is 1. The Bertz CT molecular complexity index is 446. The first kappa shape index (κ1) is 10.6. The molecule has 0 saturated carbocycles. The van der Waals surface area contributed by atoms with Crippen molar-refractivity contribution in [2.45, 2.75) is 12.5 Å². The molecule has 0 radical (unpaired) electrons. The van der Waals surface area contributed by atoms with E-state index in [-0.39, 0.29) is 24.4 Å². The van der Waals surface area contributed by atoms with Gasteiger partial charge in [0.1, 0.15) is 0 Å². The van der Waals surface area contributed by atoms with E-state index in [0.717, 1.165) is 0 Å². The van der Waals surface area contributed by atoms with Crippen molar-refractivity contribution >= 4 is 17.6 Å². The van der Waals surface area contributed by atoms with Gasteiger partial charge >= 0.3 is 5.97 Å². The molecule has 1 fully saturated rings. The summed E-state index contributed by atoms with van der Waals surface area (Å²) < 4.78 is 0. The van der Waals surface area contributed by atoms with Gasteiger partial charge in [-0.15, -0.1) is 0 Å². The molecule has 1 amide bonds. The van der Waals surface area contributed by atoms with E-state index < -0.39 is 12.1 Å². The summed E-state index contributed by atoms with van der Waals surface area (Å²) in [5.74, 6) is -1.32. The summed E-state index contributed by atoms with van der Waals surface area (Å²) in [4.78, 5) is 27.3. The topological polar surface area (TPSA) is 90.7 Å². The summed E-state index contributed by atoms with van der Waals surface area (Å²) in [5, 5.41) is 18.1. The molecule has 16 heavy (non-hydrogen) atoms. The highest BCUT2D eigenvalue weighted by Crippen LogP contribution is 2.21. The van der Waals surface area contributed by atoms with Crippen LogP contribution in [-0.4, -0.2) is 39.7 Å². The number of rotatable bonds is 2. The Morgan fingerprint density at radius 2 is 2.25 bits per heavy atom. The standard InChI is InChI=1S/C10H10N2O4/c13-8-2-9(14)12(5-8)7-1-6(10(15)16)3-11-4-7/h1,3-4,8,13H,2,5H2,(H,15,16). The summed E-state index contributed by atoms with van der Waals surface area (Å²) in [7, 11) is 0. The Labute approximate surface area is 91.1 Å². The molecule has 0 spiro atoms. The molecule has 6 nitrogen and oxygen atoms in total. The normalized spacial score (nSPS) is 20.2. The molecule has 2 rings (SSSR count). The van der Waals surface area contributed by atoms with Crippen molar-refractivity contribution in [3.63, 3.8) is 0 Å². The molecule has 2 heterocycles. The minimum atomic E-state index is -1.10. The van der Waals surface area contributed by atoms with Gasteiger partial charge < -0.3 is 15.1 Å². The molecular weight excluding hydrogens is 212 g/mol. The van der Waals surface area contributed by atoms with Gasteiger partial charge in [-0.05, 0) is 6.07 Å². The van der Waals surface area contributed by atoms with Crippen molar-refractivity contribution in [3.8, 4) is 0 Å². The number of hydrogen-bond acceptors (Lipinski definition) is 4. The highest BCUT2D eigenvalue weighted by molar-refractivity contribution is 5.97. The maximum absolute atomic E-state index is 11.5. The number of pyridine rings is 1. The molecule has 1 aliphatic heterocycles. The number of hydrogen-bond donors (Lipinski definition) is 2. The summed E-state index contributed by atoms with van der Waals surface area (Å²) >= 11 is 0. The first-order chi connectivity index (χ1) is 7.58. The van der Waals surface area contributed by atoms with Crippen LogP contribution in [-0.2, 0) is 4.79 Å². The second-order valence-electron chi connectivity index (χ2n) is 3.60. The molecule has 1 aromatic heterocycles. The lowest BCUT2D eigenvalue weighted by Gasteiger charge is -2.15. The molecule has 1 unspecified atom stereocenters.